The molecule has 1 heteroatoms. The van der Waals surface area contributed by atoms with E-state index >= 15 is 0 Å². The minimum Gasteiger partial charge on any atom is -0.346 e. The Hall–Kier alpha value is -0.0400. The van der Waals surface area contributed by atoms with Crippen LogP contribution in [0.25, 0.3) is 0 Å². The summed E-state index contributed by atoms with van der Waals surface area (Å²) in [4.78, 5) is 0. The summed E-state index contributed by atoms with van der Waals surface area (Å²) < 4.78 is 0. The molecule has 1 aliphatic heterocycles. The molecule has 1 fully saturated rings. The van der Waals surface area contributed by atoms with Gasteiger partial charge < -0.3 is 5.32 Å². The molecule has 1 nitrogen and oxygen atoms in total. The van der Waals surface area contributed by atoms with Gasteiger partial charge in [-0.15, -0.1) is 0 Å². The average molecular weight is 114 g/mol. The van der Waals surface area contributed by atoms with Gasteiger partial charge in [0.15, 0.2) is 0 Å². The molecule has 0 amide bonds. The minimum absolute atomic E-state index is 0.648. The molecule has 0 aliphatic carbocycles. The Labute approximate surface area is 51.5 Å². The van der Waals surface area contributed by atoms with Gasteiger partial charge in [-0.1, -0.05) is 13.8 Å². The van der Waals surface area contributed by atoms with Gasteiger partial charge in [0.1, 0.15) is 0 Å². The van der Waals surface area contributed by atoms with Crippen molar-refractivity contribution >= 4 is 0 Å². The van der Waals surface area contributed by atoms with Crippen LogP contribution in [0, 0.1) is 5.41 Å². The summed E-state index contributed by atoms with van der Waals surface area (Å²) in [5.74, 6) is 0. The van der Waals surface area contributed by atoms with E-state index in [1.165, 1.54) is 25.9 Å². The normalized spacial score (nSPS) is 27.8. The van der Waals surface area contributed by atoms with Gasteiger partial charge in [0.25, 0.3) is 0 Å². The predicted molar refractivity (Wildman–Crippen MR) is 34.7 cm³/mol. The number of piperidine rings is 1. The van der Waals surface area contributed by atoms with E-state index in [1.807, 2.05) is 0 Å². The molecule has 48 valence electrons. The molecule has 0 bridgehead atoms. The Bertz CT molecular complexity index is 68.5. The van der Waals surface area contributed by atoms with E-state index in [9.17, 15) is 0 Å². The van der Waals surface area contributed by atoms with E-state index in [0.29, 0.717) is 5.41 Å². The second-order valence-electron chi connectivity index (χ2n) is 3.53. The molecule has 0 spiro atoms. The number of hydrogen-bond donors (Lipinski definition) is 1. The van der Waals surface area contributed by atoms with Crippen molar-refractivity contribution in [2.75, 3.05) is 13.1 Å². The van der Waals surface area contributed by atoms with Crippen LogP contribution in [0.5, 0.6) is 0 Å². The lowest BCUT2D eigenvalue weighted by Crippen LogP contribution is -2.86. The smallest absolute Gasteiger partial charge is 0.0760 e. The van der Waals surface area contributed by atoms with Gasteiger partial charge >= 0.3 is 0 Å². The van der Waals surface area contributed by atoms with Gasteiger partial charge in [0.05, 0.1) is 13.1 Å². The average Bonchev–Trinajstić information content (AvgIpc) is 1.65. The van der Waals surface area contributed by atoms with Crippen LogP contribution < -0.4 is 5.32 Å². The van der Waals surface area contributed by atoms with Crippen molar-refractivity contribution in [3.63, 3.8) is 0 Å². The van der Waals surface area contributed by atoms with Crippen LogP contribution >= 0.6 is 0 Å². The Morgan fingerprint density at radius 1 is 1.12 bits per heavy atom. The number of quaternary nitrogens is 1. The minimum atomic E-state index is 0.648. The zero-order valence-corrected chi connectivity index (χ0v) is 5.91. The van der Waals surface area contributed by atoms with Crippen molar-refractivity contribution in [2.45, 2.75) is 26.7 Å². The van der Waals surface area contributed by atoms with Crippen molar-refractivity contribution in [3.05, 3.63) is 0 Å². The van der Waals surface area contributed by atoms with Crippen molar-refractivity contribution in [1.29, 1.82) is 0 Å². The molecule has 8 heavy (non-hydrogen) atoms. The highest BCUT2D eigenvalue weighted by Gasteiger charge is 2.22. The Balaban J connectivity index is 2.33. The molecule has 2 N–H and O–H groups in total. The summed E-state index contributed by atoms with van der Waals surface area (Å²) in [6, 6.07) is 0. The number of rotatable bonds is 0. The van der Waals surface area contributed by atoms with Gasteiger partial charge in [-0.05, 0) is 5.41 Å². The number of nitrogens with two attached hydrogens (primary N) is 1. The molecular formula is C7H16N+. The molecule has 0 aromatic carbocycles. The first-order valence-corrected chi connectivity index (χ1v) is 3.52. The third-order valence-corrected chi connectivity index (χ3v) is 2.05. The lowest BCUT2D eigenvalue weighted by molar-refractivity contribution is -0.667. The summed E-state index contributed by atoms with van der Waals surface area (Å²) in [6.45, 7) is 7.40. The van der Waals surface area contributed by atoms with Crippen molar-refractivity contribution < 1.29 is 5.32 Å². The lowest BCUT2D eigenvalue weighted by atomic mass is 9.83. The summed E-state index contributed by atoms with van der Waals surface area (Å²) in [5, 5.41) is 2.41. The van der Waals surface area contributed by atoms with Gasteiger partial charge in [0, 0.05) is 12.8 Å². The Morgan fingerprint density at radius 2 is 1.62 bits per heavy atom. The van der Waals surface area contributed by atoms with Gasteiger partial charge in [-0.2, -0.15) is 0 Å². The zero-order valence-electron chi connectivity index (χ0n) is 5.91. The van der Waals surface area contributed by atoms with E-state index in [0.717, 1.165) is 0 Å². The zero-order chi connectivity index (χ0) is 6.04. The van der Waals surface area contributed by atoms with Gasteiger partial charge in [-0.3, -0.25) is 0 Å². The molecule has 0 radical (unpaired) electrons. The summed E-state index contributed by atoms with van der Waals surface area (Å²) in [5.41, 5.74) is 0.648. The highest BCUT2D eigenvalue weighted by molar-refractivity contribution is 4.68. The fraction of sp³-hybridized carbons (Fsp3) is 1.00. The highest BCUT2D eigenvalue weighted by Crippen LogP contribution is 2.23. The molecule has 1 saturated heterocycles. The first-order valence-electron chi connectivity index (χ1n) is 3.52. The summed E-state index contributed by atoms with van der Waals surface area (Å²) in [6.07, 6.45) is 2.79. The molecule has 0 unspecified atom stereocenters. The van der Waals surface area contributed by atoms with E-state index < -0.39 is 0 Å². The van der Waals surface area contributed by atoms with Crippen LogP contribution in [0.1, 0.15) is 26.7 Å². The van der Waals surface area contributed by atoms with Crippen LogP contribution in [-0.2, 0) is 0 Å². The number of hydrogen-bond acceptors (Lipinski definition) is 0. The molecule has 0 aromatic heterocycles. The highest BCUT2D eigenvalue weighted by atomic mass is 14.9. The fourth-order valence-corrected chi connectivity index (χ4v) is 1.25. The quantitative estimate of drug-likeness (QED) is 0.468. The largest absolute Gasteiger partial charge is 0.346 e. The standard InChI is InChI=1S/C7H15N/c1-7(2)3-5-8-6-4-7/h8H,3-6H2,1-2H3/p+1. The fourth-order valence-electron chi connectivity index (χ4n) is 1.25. The maximum atomic E-state index is 2.41. The summed E-state index contributed by atoms with van der Waals surface area (Å²) in [7, 11) is 0. The maximum absolute atomic E-state index is 2.41. The topological polar surface area (TPSA) is 16.6 Å². The molecule has 1 aliphatic rings. The SMILES string of the molecule is CC1(C)CC[NH2+]CC1. The van der Waals surface area contributed by atoms with Crippen molar-refractivity contribution in [2.24, 2.45) is 5.41 Å². The van der Waals surface area contributed by atoms with Crippen LogP contribution in [0.2, 0.25) is 0 Å². The molecule has 0 saturated carbocycles. The van der Waals surface area contributed by atoms with Crippen LogP contribution in [0.4, 0.5) is 0 Å². The monoisotopic (exact) mass is 114 g/mol. The molecular weight excluding hydrogens is 98.1 g/mol. The van der Waals surface area contributed by atoms with Crippen LogP contribution in [0.3, 0.4) is 0 Å². The third-order valence-electron chi connectivity index (χ3n) is 2.05. The van der Waals surface area contributed by atoms with Crippen LogP contribution in [0.15, 0.2) is 0 Å². The molecule has 1 heterocycles. The molecule has 0 atom stereocenters. The van der Waals surface area contributed by atoms with E-state index in [-0.39, 0.29) is 0 Å². The van der Waals surface area contributed by atoms with E-state index in [4.69, 9.17) is 0 Å². The first-order chi connectivity index (χ1) is 3.71. The molecule has 0 aromatic rings. The first kappa shape index (κ1) is 6.09. The molecule has 1 rings (SSSR count). The Kier molecular flexibility index (Phi) is 1.57. The second-order valence-corrected chi connectivity index (χ2v) is 3.53. The van der Waals surface area contributed by atoms with Crippen molar-refractivity contribution in [1.82, 2.24) is 0 Å². The Morgan fingerprint density at radius 3 is 1.88 bits per heavy atom. The van der Waals surface area contributed by atoms with E-state index in [2.05, 4.69) is 19.2 Å². The van der Waals surface area contributed by atoms with E-state index in [1.54, 1.807) is 0 Å². The van der Waals surface area contributed by atoms with Gasteiger partial charge in [-0.25, -0.2) is 0 Å². The maximum Gasteiger partial charge on any atom is 0.0760 e. The summed E-state index contributed by atoms with van der Waals surface area (Å²) >= 11 is 0. The third kappa shape index (κ3) is 1.48. The van der Waals surface area contributed by atoms with Crippen molar-refractivity contribution in [3.8, 4) is 0 Å². The predicted octanol–water partition coefficient (Wildman–Crippen LogP) is 0.370. The van der Waals surface area contributed by atoms with Gasteiger partial charge in [0.2, 0.25) is 0 Å². The lowest BCUT2D eigenvalue weighted by Gasteiger charge is -2.26. The second kappa shape index (κ2) is 2.06. The van der Waals surface area contributed by atoms with Crippen LogP contribution in [-0.4, -0.2) is 13.1 Å².